The number of unbranched alkanes of at least 4 members (excludes halogenated alkanes) is 3. The van der Waals surface area contributed by atoms with Gasteiger partial charge in [-0.3, -0.25) is 0 Å². The van der Waals surface area contributed by atoms with E-state index in [1.807, 2.05) is 0 Å². The molecule has 0 heterocycles. The molecule has 3 unspecified atom stereocenters. The average molecular weight is 333 g/mol. The molecule has 0 aromatic heterocycles. The Morgan fingerprint density at radius 2 is 1.88 bits per heavy atom. The summed E-state index contributed by atoms with van der Waals surface area (Å²) in [5.41, 5.74) is 1.36. The summed E-state index contributed by atoms with van der Waals surface area (Å²) in [4.78, 5) is 0. The Bertz CT molecular complexity index is 523. The molecule has 0 bridgehead atoms. The van der Waals surface area contributed by atoms with Crippen LogP contribution in [0.4, 0.5) is 4.39 Å². The highest BCUT2D eigenvalue weighted by Gasteiger charge is 2.26. The van der Waals surface area contributed by atoms with Gasteiger partial charge >= 0.3 is 0 Å². The molecule has 1 aromatic carbocycles. The fraction of sp³-hybridized carbons (Fsp3) is 0.667. The Kier molecular flexibility index (Phi) is 9.64. The van der Waals surface area contributed by atoms with E-state index in [1.165, 1.54) is 44.2 Å². The minimum Gasteiger partial charge on any atom is -0.396 e. The van der Waals surface area contributed by atoms with Crippen molar-refractivity contribution in [1.29, 1.82) is 5.26 Å². The largest absolute Gasteiger partial charge is 0.396 e. The van der Waals surface area contributed by atoms with Crippen LogP contribution in [0, 0.1) is 29.0 Å². The first kappa shape index (κ1) is 20.6. The zero-order valence-electron chi connectivity index (χ0n) is 15.4. The zero-order chi connectivity index (χ0) is 17.9. The number of aliphatic hydroxyl groups excluding tert-OH is 1. The second-order valence-corrected chi connectivity index (χ2v) is 7.00. The van der Waals surface area contributed by atoms with Gasteiger partial charge in [0, 0.05) is 6.61 Å². The fourth-order valence-electron chi connectivity index (χ4n) is 3.51. The van der Waals surface area contributed by atoms with Gasteiger partial charge in [-0.25, -0.2) is 4.39 Å². The molecule has 0 amide bonds. The third-order valence-corrected chi connectivity index (χ3v) is 5.25. The smallest absolute Gasteiger partial charge is 0.124 e. The first-order chi connectivity index (χ1) is 11.5. The van der Waals surface area contributed by atoms with E-state index in [4.69, 9.17) is 0 Å². The van der Waals surface area contributed by atoms with E-state index < -0.39 is 0 Å². The van der Waals surface area contributed by atoms with E-state index in [9.17, 15) is 14.8 Å². The van der Waals surface area contributed by atoms with Gasteiger partial charge in [0.2, 0.25) is 0 Å². The highest BCUT2D eigenvalue weighted by Crippen LogP contribution is 2.37. The van der Waals surface area contributed by atoms with Crippen molar-refractivity contribution in [2.45, 2.75) is 71.6 Å². The monoisotopic (exact) mass is 333 g/mol. The highest BCUT2D eigenvalue weighted by molar-refractivity contribution is 5.40. The van der Waals surface area contributed by atoms with Crippen LogP contribution in [0.5, 0.6) is 0 Å². The van der Waals surface area contributed by atoms with Gasteiger partial charge in [-0.1, -0.05) is 58.9 Å². The minimum absolute atomic E-state index is 0.150. The van der Waals surface area contributed by atoms with Crippen molar-refractivity contribution < 1.29 is 9.50 Å². The zero-order valence-corrected chi connectivity index (χ0v) is 15.4. The van der Waals surface area contributed by atoms with Gasteiger partial charge in [-0.2, -0.15) is 5.26 Å². The summed E-state index contributed by atoms with van der Waals surface area (Å²) in [6.07, 6.45) is 7.75. The van der Waals surface area contributed by atoms with E-state index in [2.05, 4.69) is 26.8 Å². The number of nitrogens with zero attached hydrogens (tertiary/aromatic N) is 1. The van der Waals surface area contributed by atoms with Crippen molar-refractivity contribution in [3.8, 4) is 6.07 Å². The first-order valence-electron chi connectivity index (χ1n) is 9.35. The molecule has 1 N–H and O–H groups in total. The number of halogens is 1. The average Bonchev–Trinajstić information content (AvgIpc) is 2.59. The van der Waals surface area contributed by atoms with Gasteiger partial charge in [0.15, 0.2) is 0 Å². The van der Waals surface area contributed by atoms with Crippen molar-refractivity contribution in [3.05, 3.63) is 35.1 Å². The van der Waals surface area contributed by atoms with Crippen LogP contribution in [0.1, 0.15) is 82.8 Å². The maximum absolute atomic E-state index is 13.5. The van der Waals surface area contributed by atoms with Crippen LogP contribution in [0.25, 0.3) is 0 Å². The van der Waals surface area contributed by atoms with Crippen LogP contribution in [0.2, 0.25) is 0 Å². The Balaban J connectivity index is 2.89. The predicted octanol–water partition coefficient (Wildman–Crippen LogP) is 5.80. The maximum Gasteiger partial charge on any atom is 0.124 e. The van der Waals surface area contributed by atoms with Crippen molar-refractivity contribution >= 4 is 0 Å². The Hall–Kier alpha value is -1.40. The standard InChI is InChI=1S/C21H32FNO/c1-4-5-6-7-9-16(2)17(3)20(10-8-13-24)21-12-11-19(22)14-18(21)15-23/h11-12,14,16-17,20,24H,4-10,13H2,1-3H3. The molecule has 0 aliphatic heterocycles. The topological polar surface area (TPSA) is 44.0 Å². The molecule has 24 heavy (non-hydrogen) atoms. The molecule has 134 valence electrons. The predicted molar refractivity (Wildman–Crippen MR) is 97.3 cm³/mol. The van der Waals surface area contributed by atoms with E-state index in [0.717, 1.165) is 12.0 Å². The maximum atomic E-state index is 13.5. The van der Waals surface area contributed by atoms with E-state index in [-0.39, 0.29) is 18.3 Å². The van der Waals surface area contributed by atoms with Gasteiger partial charge in [-0.15, -0.1) is 0 Å². The number of aliphatic hydroxyl groups is 1. The summed E-state index contributed by atoms with van der Waals surface area (Å²) >= 11 is 0. The van der Waals surface area contributed by atoms with E-state index in [0.29, 0.717) is 23.8 Å². The van der Waals surface area contributed by atoms with Crippen molar-refractivity contribution in [3.63, 3.8) is 0 Å². The van der Waals surface area contributed by atoms with E-state index >= 15 is 0 Å². The van der Waals surface area contributed by atoms with Gasteiger partial charge in [0.1, 0.15) is 5.82 Å². The number of hydrogen-bond acceptors (Lipinski definition) is 2. The van der Waals surface area contributed by atoms with Crippen molar-refractivity contribution in [2.75, 3.05) is 6.61 Å². The van der Waals surface area contributed by atoms with Crippen LogP contribution in [0.15, 0.2) is 18.2 Å². The molecule has 3 heteroatoms. The molecule has 0 aliphatic rings. The molecule has 1 aromatic rings. The third-order valence-electron chi connectivity index (χ3n) is 5.25. The third kappa shape index (κ3) is 6.24. The summed E-state index contributed by atoms with van der Waals surface area (Å²) in [5, 5.41) is 18.6. The van der Waals surface area contributed by atoms with Gasteiger partial charge in [-0.05, 0) is 48.3 Å². The summed E-state index contributed by atoms with van der Waals surface area (Å²) in [6, 6.07) is 6.68. The summed E-state index contributed by atoms with van der Waals surface area (Å²) in [5.74, 6) is 0.767. The number of nitriles is 1. The molecule has 0 saturated heterocycles. The van der Waals surface area contributed by atoms with Crippen LogP contribution < -0.4 is 0 Å². The SMILES string of the molecule is CCCCCCC(C)C(C)C(CCCO)c1ccc(F)cc1C#N. The Labute approximate surface area is 146 Å². The van der Waals surface area contributed by atoms with Crippen LogP contribution in [-0.4, -0.2) is 11.7 Å². The van der Waals surface area contributed by atoms with Crippen molar-refractivity contribution in [1.82, 2.24) is 0 Å². The molecular formula is C21H32FNO. The summed E-state index contributed by atoms with van der Waals surface area (Å²) in [6.45, 7) is 6.88. The lowest BCUT2D eigenvalue weighted by Crippen LogP contribution is -2.19. The fourth-order valence-corrected chi connectivity index (χ4v) is 3.51. The number of hydrogen-bond donors (Lipinski definition) is 1. The molecule has 0 radical (unpaired) electrons. The van der Waals surface area contributed by atoms with Gasteiger partial charge in [0.25, 0.3) is 0 Å². The molecule has 0 aliphatic carbocycles. The van der Waals surface area contributed by atoms with E-state index in [1.54, 1.807) is 6.07 Å². The first-order valence-corrected chi connectivity index (χ1v) is 9.35. The minimum atomic E-state index is -0.364. The number of benzene rings is 1. The number of rotatable bonds is 11. The molecule has 0 saturated carbocycles. The lowest BCUT2D eigenvalue weighted by atomic mass is 9.74. The van der Waals surface area contributed by atoms with Crippen LogP contribution in [-0.2, 0) is 0 Å². The Morgan fingerprint density at radius 3 is 2.50 bits per heavy atom. The molecule has 2 nitrogen and oxygen atoms in total. The van der Waals surface area contributed by atoms with Crippen LogP contribution in [0.3, 0.4) is 0 Å². The van der Waals surface area contributed by atoms with Gasteiger partial charge < -0.3 is 5.11 Å². The lowest BCUT2D eigenvalue weighted by Gasteiger charge is -2.30. The second-order valence-electron chi connectivity index (χ2n) is 7.00. The molecule has 0 spiro atoms. The molecular weight excluding hydrogens is 301 g/mol. The van der Waals surface area contributed by atoms with Gasteiger partial charge in [0.05, 0.1) is 11.6 Å². The normalized spacial score (nSPS) is 14.8. The van der Waals surface area contributed by atoms with Crippen molar-refractivity contribution in [2.24, 2.45) is 11.8 Å². The van der Waals surface area contributed by atoms with Crippen LogP contribution >= 0.6 is 0 Å². The molecule has 1 rings (SSSR count). The summed E-state index contributed by atoms with van der Waals surface area (Å²) < 4.78 is 13.5. The molecule has 3 atom stereocenters. The molecule has 0 fully saturated rings. The highest BCUT2D eigenvalue weighted by atomic mass is 19.1. The second kappa shape index (κ2) is 11.2. The lowest BCUT2D eigenvalue weighted by molar-refractivity contribution is 0.247. The quantitative estimate of drug-likeness (QED) is 0.520. The summed E-state index contributed by atoms with van der Waals surface area (Å²) in [7, 11) is 0. The Morgan fingerprint density at radius 1 is 1.12 bits per heavy atom.